The summed E-state index contributed by atoms with van der Waals surface area (Å²) in [4.78, 5) is 14.1. The average Bonchev–Trinajstić information content (AvgIpc) is 2.49. The van der Waals surface area contributed by atoms with Crippen LogP contribution in [-0.4, -0.2) is 51.8 Å². The molecule has 0 aliphatic heterocycles. The lowest BCUT2D eigenvalue weighted by atomic mass is 10.1. The third kappa shape index (κ3) is 4.01. The molecule has 1 rings (SSSR count). The second-order valence-corrected chi connectivity index (χ2v) is 4.87. The Kier molecular flexibility index (Phi) is 6.30. The molecule has 1 amide bonds. The monoisotopic (exact) mass is 296 g/mol. The van der Waals surface area contributed by atoms with Gasteiger partial charge in [0.15, 0.2) is 11.5 Å². The zero-order chi connectivity index (χ0) is 16.0. The van der Waals surface area contributed by atoms with E-state index in [0.717, 1.165) is 6.42 Å². The molecule has 1 aromatic rings. The van der Waals surface area contributed by atoms with Crippen molar-refractivity contribution >= 4 is 5.91 Å². The quantitative estimate of drug-likeness (QED) is 0.826. The molecule has 0 bridgehead atoms. The van der Waals surface area contributed by atoms with E-state index in [1.54, 1.807) is 24.1 Å². The van der Waals surface area contributed by atoms with Crippen molar-refractivity contribution in [2.75, 3.05) is 34.9 Å². The average molecular weight is 296 g/mol. The van der Waals surface area contributed by atoms with Crippen LogP contribution in [0.5, 0.6) is 17.2 Å². The molecule has 0 aliphatic carbocycles. The first-order chi connectivity index (χ1) is 9.96. The molecule has 1 unspecified atom stereocenters. The molecule has 0 saturated heterocycles. The van der Waals surface area contributed by atoms with Crippen LogP contribution in [0.4, 0.5) is 0 Å². The van der Waals surface area contributed by atoms with Crippen LogP contribution in [0, 0.1) is 0 Å². The summed E-state index contributed by atoms with van der Waals surface area (Å²) in [7, 11) is 6.28. The van der Waals surface area contributed by atoms with Crippen molar-refractivity contribution in [3.8, 4) is 17.2 Å². The number of benzene rings is 1. The van der Waals surface area contributed by atoms with Gasteiger partial charge in [-0.15, -0.1) is 0 Å². The lowest BCUT2D eigenvalue weighted by molar-refractivity contribution is 0.0787. The smallest absolute Gasteiger partial charge is 0.257 e. The van der Waals surface area contributed by atoms with E-state index < -0.39 is 0 Å². The first-order valence-electron chi connectivity index (χ1n) is 6.76. The minimum atomic E-state index is -0.145. The molecular formula is C15H24N2O4. The van der Waals surface area contributed by atoms with Crippen molar-refractivity contribution in [1.29, 1.82) is 0 Å². The number of rotatable bonds is 7. The minimum absolute atomic E-state index is 0.0487. The maximum Gasteiger partial charge on any atom is 0.257 e. The molecule has 0 radical (unpaired) electrons. The molecule has 0 fully saturated rings. The molecule has 21 heavy (non-hydrogen) atoms. The number of carbonyl (C=O) groups excluding carboxylic acids is 1. The highest BCUT2D eigenvalue weighted by Gasteiger charge is 2.22. The summed E-state index contributed by atoms with van der Waals surface area (Å²) < 4.78 is 15.8. The van der Waals surface area contributed by atoms with Crippen molar-refractivity contribution in [2.24, 2.45) is 5.73 Å². The summed E-state index contributed by atoms with van der Waals surface area (Å²) in [6.45, 7) is 2.49. The number of ether oxygens (including phenoxy) is 3. The third-order valence-electron chi connectivity index (χ3n) is 3.20. The molecule has 118 valence electrons. The molecular weight excluding hydrogens is 272 g/mol. The van der Waals surface area contributed by atoms with E-state index in [9.17, 15) is 4.79 Å². The van der Waals surface area contributed by atoms with Crippen LogP contribution in [-0.2, 0) is 0 Å². The van der Waals surface area contributed by atoms with E-state index in [1.165, 1.54) is 21.3 Å². The van der Waals surface area contributed by atoms with Crippen LogP contribution < -0.4 is 19.9 Å². The van der Waals surface area contributed by atoms with Gasteiger partial charge in [0.05, 0.1) is 26.9 Å². The molecule has 1 aromatic carbocycles. The predicted molar refractivity (Wildman–Crippen MR) is 81.3 cm³/mol. The fourth-order valence-corrected chi connectivity index (χ4v) is 1.97. The molecule has 0 saturated carbocycles. The third-order valence-corrected chi connectivity index (χ3v) is 3.20. The predicted octanol–water partition coefficient (Wildman–Crippen LogP) is 1.52. The Morgan fingerprint density at radius 2 is 1.81 bits per heavy atom. The zero-order valence-electron chi connectivity index (χ0n) is 13.3. The van der Waals surface area contributed by atoms with Gasteiger partial charge in [0.2, 0.25) is 5.75 Å². The minimum Gasteiger partial charge on any atom is -0.493 e. The van der Waals surface area contributed by atoms with Gasteiger partial charge in [-0.2, -0.15) is 0 Å². The molecule has 0 aliphatic rings. The van der Waals surface area contributed by atoms with E-state index in [0.29, 0.717) is 29.4 Å². The van der Waals surface area contributed by atoms with Crippen LogP contribution in [0.3, 0.4) is 0 Å². The van der Waals surface area contributed by atoms with Crippen molar-refractivity contribution in [3.63, 3.8) is 0 Å². The Balaban J connectivity index is 3.09. The van der Waals surface area contributed by atoms with E-state index in [-0.39, 0.29) is 11.9 Å². The molecule has 0 heterocycles. The Morgan fingerprint density at radius 3 is 2.29 bits per heavy atom. The highest BCUT2D eigenvalue weighted by atomic mass is 16.5. The lowest BCUT2D eigenvalue weighted by Crippen LogP contribution is -2.31. The topological polar surface area (TPSA) is 74.0 Å². The van der Waals surface area contributed by atoms with Gasteiger partial charge in [-0.1, -0.05) is 0 Å². The van der Waals surface area contributed by atoms with Gasteiger partial charge in [-0.25, -0.2) is 0 Å². The van der Waals surface area contributed by atoms with Crippen LogP contribution in [0.25, 0.3) is 0 Å². The lowest BCUT2D eigenvalue weighted by Gasteiger charge is -2.21. The summed E-state index contributed by atoms with van der Waals surface area (Å²) in [6.07, 6.45) is 0.734. The van der Waals surface area contributed by atoms with Crippen molar-refractivity contribution in [1.82, 2.24) is 4.90 Å². The van der Waals surface area contributed by atoms with E-state index in [2.05, 4.69) is 0 Å². The van der Waals surface area contributed by atoms with Crippen LogP contribution in [0.2, 0.25) is 0 Å². The standard InChI is InChI=1S/C15H24N2O4/c1-10(16)8-9-17(2)15(18)11-6-7-12(19-3)14(21-5)13(11)20-4/h6-7,10H,8-9,16H2,1-5H3. The molecule has 2 N–H and O–H groups in total. The van der Waals surface area contributed by atoms with Gasteiger partial charge >= 0.3 is 0 Å². The summed E-state index contributed by atoms with van der Waals surface area (Å²) in [5, 5.41) is 0. The maximum atomic E-state index is 12.5. The Hall–Kier alpha value is -1.95. The highest BCUT2D eigenvalue weighted by molar-refractivity contribution is 5.98. The first-order valence-corrected chi connectivity index (χ1v) is 6.76. The highest BCUT2D eigenvalue weighted by Crippen LogP contribution is 2.40. The fraction of sp³-hybridized carbons (Fsp3) is 0.533. The Bertz CT molecular complexity index is 489. The van der Waals surface area contributed by atoms with Crippen LogP contribution >= 0.6 is 0 Å². The summed E-state index contributed by atoms with van der Waals surface area (Å²) in [6, 6.07) is 3.41. The Morgan fingerprint density at radius 1 is 1.19 bits per heavy atom. The second kappa shape index (κ2) is 7.73. The van der Waals surface area contributed by atoms with Gasteiger partial charge in [0, 0.05) is 19.6 Å². The van der Waals surface area contributed by atoms with E-state index in [1.807, 2.05) is 6.92 Å². The summed E-state index contributed by atoms with van der Waals surface area (Å²) in [5.41, 5.74) is 6.15. The van der Waals surface area contributed by atoms with Gasteiger partial charge in [-0.05, 0) is 25.5 Å². The maximum absolute atomic E-state index is 12.5. The second-order valence-electron chi connectivity index (χ2n) is 4.87. The van der Waals surface area contributed by atoms with Gasteiger partial charge in [0.1, 0.15) is 0 Å². The van der Waals surface area contributed by atoms with Crippen molar-refractivity contribution in [3.05, 3.63) is 17.7 Å². The van der Waals surface area contributed by atoms with Crippen molar-refractivity contribution in [2.45, 2.75) is 19.4 Å². The van der Waals surface area contributed by atoms with Gasteiger partial charge < -0.3 is 24.8 Å². The van der Waals surface area contributed by atoms with E-state index in [4.69, 9.17) is 19.9 Å². The number of amides is 1. The number of hydrogen-bond acceptors (Lipinski definition) is 5. The molecule has 6 heteroatoms. The fourth-order valence-electron chi connectivity index (χ4n) is 1.97. The number of hydrogen-bond donors (Lipinski definition) is 1. The van der Waals surface area contributed by atoms with Crippen LogP contribution in [0.15, 0.2) is 12.1 Å². The molecule has 0 spiro atoms. The molecule has 0 aromatic heterocycles. The largest absolute Gasteiger partial charge is 0.493 e. The number of carbonyl (C=O) groups is 1. The van der Waals surface area contributed by atoms with Gasteiger partial charge in [-0.3, -0.25) is 4.79 Å². The number of methoxy groups -OCH3 is 3. The molecule has 1 atom stereocenters. The Labute approximate surface area is 125 Å². The number of nitrogens with two attached hydrogens (primary N) is 1. The summed E-state index contributed by atoms with van der Waals surface area (Å²) >= 11 is 0. The zero-order valence-corrected chi connectivity index (χ0v) is 13.3. The van der Waals surface area contributed by atoms with Crippen LogP contribution in [0.1, 0.15) is 23.7 Å². The SMILES string of the molecule is COc1ccc(C(=O)N(C)CCC(C)N)c(OC)c1OC. The summed E-state index contributed by atoms with van der Waals surface area (Å²) in [5.74, 6) is 1.15. The number of nitrogens with zero attached hydrogens (tertiary/aromatic N) is 1. The normalized spacial score (nSPS) is 11.7. The van der Waals surface area contributed by atoms with E-state index >= 15 is 0 Å². The van der Waals surface area contributed by atoms with Crippen molar-refractivity contribution < 1.29 is 19.0 Å². The van der Waals surface area contributed by atoms with Gasteiger partial charge in [0.25, 0.3) is 5.91 Å². The molecule has 6 nitrogen and oxygen atoms in total. The first kappa shape index (κ1) is 17.1.